The van der Waals surface area contributed by atoms with Crippen molar-refractivity contribution in [3.05, 3.63) is 119 Å². The summed E-state index contributed by atoms with van der Waals surface area (Å²) in [6.07, 6.45) is 0. The molecule has 2 nitrogen and oxygen atoms in total. The van der Waals surface area contributed by atoms with Crippen LogP contribution in [0.2, 0.25) is 0 Å². The highest BCUT2D eigenvalue weighted by Crippen LogP contribution is 2.41. The second kappa shape index (κ2) is 9.07. The number of rotatable bonds is 5. The smallest absolute Gasteiger partial charge is 0.205 e. The lowest BCUT2D eigenvalue weighted by Crippen LogP contribution is -2.30. The van der Waals surface area contributed by atoms with Gasteiger partial charge < -0.3 is 0 Å². The quantitative estimate of drug-likeness (QED) is 0.353. The third-order valence-electron chi connectivity index (χ3n) is 4.57. The zero-order valence-corrected chi connectivity index (χ0v) is 17.4. The Morgan fingerprint density at radius 3 is 1.83 bits per heavy atom. The third kappa shape index (κ3) is 4.58. The minimum atomic E-state index is -3.10. The van der Waals surface area contributed by atoms with Crippen molar-refractivity contribution in [1.29, 1.82) is 0 Å². The summed E-state index contributed by atoms with van der Waals surface area (Å²) in [4.78, 5) is 0. The van der Waals surface area contributed by atoms with Crippen LogP contribution >= 0.6 is 18.6 Å². The van der Waals surface area contributed by atoms with Gasteiger partial charge in [-0.3, -0.25) is 4.57 Å². The Labute approximate surface area is 175 Å². The van der Waals surface area contributed by atoms with E-state index in [9.17, 15) is 4.57 Å². The Morgan fingerprint density at radius 2 is 1.31 bits per heavy atom. The zero-order chi connectivity index (χ0) is 19.9. The Balaban J connectivity index is 1.80. The molecule has 142 valence electrons. The molecule has 0 amide bonds. The van der Waals surface area contributed by atoms with E-state index < -0.39 is 7.29 Å². The standard InChI is InChI=1S/C25H20NOPS/c27-28(23-12-6-2-7-13-23,24-14-8-3-9-15-24)26-25(22-10-4-1-5-11-22)17-16-21-18-19-29-20-21/h1-15,18-20,25H,(H,26,27). The predicted octanol–water partition coefficient (Wildman–Crippen LogP) is 5.36. The molecule has 1 atom stereocenters. The van der Waals surface area contributed by atoms with Crippen molar-refractivity contribution < 1.29 is 4.57 Å². The molecule has 29 heavy (non-hydrogen) atoms. The summed E-state index contributed by atoms with van der Waals surface area (Å²) in [6.45, 7) is 0. The van der Waals surface area contributed by atoms with Crippen LogP contribution in [0.15, 0.2) is 108 Å². The van der Waals surface area contributed by atoms with Gasteiger partial charge in [-0.1, -0.05) is 78.6 Å². The molecule has 0 spiro atoms. The van der Waals surface area contributed by atoms with E-state index in [1.165, 1.54) is 0 Å². The Bertz CT molecular complexity index is 1100. The molecule has 1 unspecified atom stereocenters. The minimum absolute atomic E-state index is 0.373. The normalized spacial score (nSPS) is 12.0. The van der Waals surface area contributed by atoms with Crippen LogP contribution in [0.25, 0.3) is 0 Å². The van der Waals surface area contributed by atoms with Gasteiger partial charge >= 0.3 is 0 Å². The fraction of sp³-hybridized carbons (Fsp3) is 0.0400. The summed E-state index contributed by atoms with van der Waals surface area (Å²) in [5, 5.41) is 8.99. The molecule has 0 aliphatic rings. The van der Waals surface area contributed by atoms with Gasteiger partial charge in [-0.05, 0) is 41.3 Å². The first-order valence-corrected chi connectivity index (χ1v) is 12.0. The first-order valence-electron chi connectivity index (χ1n) is 9.33. The average molecular weight is 413 g/mol. The number of benzene rings is 3. The van der Waals surface area contributed by atoms with Crippen molar-refractivity contribution in [1.82, 2.24) is 5.09 Å². The summed E-state index contributed by atoms with van der Waals surface area (Å²) < 4.78 is 14.4. The SMILES string of the molecule is O=P(NC(C#Cc1ccsc1)c1ccccc1)(c1ccccc1)c1ccccc1. The minimum Gasteiger partial charge on any atom is -0.296 e. The lowest BCUT2D eigenvalue weighted by atomic mass is 10.1. The van der Waals surface area contributed by atoms with E-state index in [1.807, 2.05) is 108 Å². The van der Waals surface area contributed by atoms with Crippen LogP contribution in [-0.2, 0) is 4.57 Å². The van der Waals surface area contributed by atoms with Crippen LogP contribution in [0.1, 0.15) is 17.2 Å². The lowest BCUT2D eigenvalue weighted by Gasteiger charge is -2.24. The van der Waals surface area contributed by atoms with Gasteiger partial charge in [0.15, 0.2) is 0 Å². The summed E-state index contributed by atoms with van der Waals surface area (Å²) in [6, 6.07) is 30.8. The van der Waals surface area contributed by atoms with Crippen molar-refractivity contribution in [2.75, 3.05) is 0 Å². The highest BCUT2D eigenvalue weighted by molar-refractivity contribution is 7.76. The topological polar surface area (TPSA) is 29.1 Å². The van der Waals surface area contributed by atoms with Gasteiger partial charge in [0, 0.05) is 21.6 Å². The maximum atomic E-state index is 14.4. The first-order chi connectivity index (χ1) is 14.3. The summed E-state index contributed by atoms with van der Waals surface area (Å²) >= 11 is 1.62. The van der Waals surface area contributed by atoms with Crippen LogP contribution in [0.4, 0.5) is 0 Å². The molecule has 4 aromatic rings. The van der Waals surface area contributed by atoms with Crippen molar-refractivity contribution in [2.45, 2.75) is 6.04 Å². The van der Waals surface area contributed by atoms with Crippen molar-refractivity contribution in [2.24, 2.45) is 0 Å². The van der Waals surface area contributed by atoms with Gasteiger partial charge in [0.2, 0.25) is 7.29 Å². The second-order valence-electron chi connectivity index (χ2n) is 6.53. The molecule has 4 rings (SSSR count). The molecule has 0 aliphatic heterocycles. The first kappa shape index (κ1) is 19.4. The molecule has 1 heterocycles. The zero-order valence-electron chi connectivity index (χ0n) is 15.7. The summed E-state index contributed by atoms with van der Waals surface area (Å²) in [5.41, 5.74) is 1.95. The van der Waals surface area contributed by atoms with Crippen LogP contribution < -0.4 is 15.7 Å². The second-order valence-corrected chi connectivity index (χ2v) is 9.82. The molecular formula is C25H20NOPS. The van der Waals surface area contributed by atoms with Crippen LogP contribution in [-0.4, -0.2) is 0 Å². The third-order valence-corrected chi connectivity index (χ3v) is 7.92. The van der Waals surface area contributed by atoms with E-state index in [4.69, 9.17) is 0 Å². The van der Waals surface area contributed by atoms with Gasteiger partial charge in [-0.2, -0.15) is 11.3 Å². The van der Waals surface area contributed by atoms with Crippen LogP contribution in [0.5, 0.6) is 0 Å². The molecule has 0 radical (unpaired) electrons. The van der Waals surface area contributed by atoms with E-state index in [1.54, 1.807) is 11.3 Å². The van der Waals surface area contributed by atoms with Crippen LogP contribution in [0, 0.1) is 11.8 Å². The largest absolute Gasteiger partial charge is 0.296 e. The predicted molar refractivity (Wildman–Crippen MR) is 123 cm³/mol. The van der Waals surface area contributed by atoms with Gasteiger partial charge in [0.05, 0.1) is 0 Å². The molecule has 1 aromatic heterocycles. The van der Waals surface area contributed by atoms with Crippen molar-refractivity contribution in [3.63, 3.8) is 0 Å². The number of nitrogens with one attached hydrogen (secondary N) is 1. The van der Waals surface area contributed by atoms with Crippen LogP contribution in [0.3, 0.4) is 0 Å². The molecule has 0 fully saturated rings. The lowest BCUT2D eigenvalue weighted by molar-refractivity contribution is 0.574. The van der Waals surface area contributed by atoms with Crippen molar-refractivity contribution >= 4 is 29.2 Å². The fourth-order valence-electron chi connectivity index (χ4n) is 3.08. The molecule has 4 heteroatoms. The Hall–Kier alpha value is -2.89. The highest BCUT2D eigenvalue weighted by Gasteiger charge is 2.30. The Morgan fingerprint density at radius 1 is 0.759 bits per heavy atom. The van der Waals surface area contributed by atoms with E-state index in [2.05, 4.69) is 16.9 Å². The molecule has 0 aliphatic carbocycles. The molecule has 3 aromatic carbocycles. The number of thiophene rings is 1. The van der Waals surface area contributed by atoms with Crippen molar-refractivity contribution in [3.8, 4) is 11.8 Å². The molecular weight excluding hydrogens is 393 g/mol. The van der Waals surface area contributed by atoms with Gasteiger partial charge in [-0.15, -0.1) is 0 Å². The molecule has 1 N–H and O–H groups in total. The van der Waals surface area contributed by atoms with E-state index in [0.717, 1.165) is 21.7 Å². The average Bonchev–Trinajstić information content (AvgIpc) is 3.32. The van der Waals surface area contributed by atoms with E-state index in [-0.39, 0.29) is 6.04 Å². The Kier molecular flexibility index (Phi) is 6.08. The highest BCUT2D eigenvalue weighted by atomic mass is 32.1. The monoisotopic (exact) mass is 413 g/mol. The maximum Gasteiger partial charge on any atom is 0.205 e. The van der Waals surface area contributed by atoms with E-state index >= 15 is 0 Å². The van der Waals surface area contributed by atoms with Gasteiger partial charge in [0.1, 0.15) is 6.04 Å². The summed E-state index contributed by atoms with van der Waals surface area (Å²) in [5.74, 6) is 6.53. The number of hydrogen-bond donors (Lipinski definition) is 1. The van der Waals surface area contributed by atoms with Gasteiger partial charge in [-0.25, -0.2) is 5.09 Å². The molecule has 0 bridgehead atoms. The number of hydrogen-bond acceptors (Lipinski definition) is 2. The summed E-state index contributed by atoms with van der Waals surface area (Å²) in [7, 11) is -3.10. The fourth-order valence-corrected chi connectivity index (χ4v) is 6.03. The maximum absolute atomic E-state index is 14.4. The molecule has 0 saturated heterocycles. The molecule has 0 saturated carbocycles. The van der Waals surface area contributed by atoms with Gasteiger partial charge in [0.25, 0.3) is 0 Å². The van der Waals surface area contributed by atoms with E-state index in [0.29, 0.717) is 0 Å².